The van der Waals surface area contributed by atoms with Crippen LogP contribution in [-0.4, -0.2) is 49.9 Å². The van der Waals surface area contributed by atoms with Gasteiger partial charge in [-0.1, -0.05) is 18.2 Å². The molecule has 1 N–H and O–H groups in total. The number of ether oxygens (including phenoxy) is 2. The van der Waals surface area contributed by atoms with Gasteiger partial charge < -0.3 is 19.7 Å². The minimum Gasteiger partial charge on any atom is -0.494 e. The van der Waals surface area contributed by atoms with E-state index < -0.39 is 0 Å². The Labute approximate surface area is 150 Å². The molecule has 2 saturated heterocycles. The van der Waals surface area contributed by atoms with Crippen LogP contribution in [0.15, 0.2) is 24.3 Å². The van der Waals surface area contributed by atoms with Gasteiger partial charge >= 0.3 is 6.03 Å². The number of carbonyl (C=O) groups excluding carboxylic acids is 1. The lowest BCUT2D eigenvalue weighted by Gasteiger charge is -2.34. The second-order valence-corrected chi connectivity index (χ2v) is 6.90. The maximum absolute atomic E-state index is 12.4. The first-order valence-electron chi connectivity index (χ1n) is 9.63. The number of hydrogen-bond acceptors (Lipinski definition) is 3. The van der Waals surface area contributed by atoms with E-state index in [0.717, 1.165) is 50.3 Å². The summed E-state index contributed by atoms with van der Waals surface area (Å²) in [5.74, 6) is 1.54. The second-order valence-electron chi connectivity index (χ2n) is 6.90. The molecule has 25 heavy (non-hydrogen) atoms. The minimum absolute atomic E-state index is 0.0553. The van der Waals surface area contributed by atoms with Crippen molar-refractivity contribution in [3.63, 3.8) is 0 Å². The van der Waals surface area contributed by atoms with Crippen molar-refractivity contribution >= 4 is 6.03 Å². The smallest absolute Gasteiger partial charge is 0.317 e. The standard InChI is InChI=1S/C20H30N2O3/c1-2-24-18-7-4-3-6-16(18)9-12-21-20(23)22-13-10-17(11-14-22)19-8-5-15-25-19/h3-4,6-7,17,19H,2,5,8-15H2,1H3,(H,21,23). The van der Waals surface area contributed by atoms with Gasteiger partial charge in [0.05, 0.1) is 12.7 Å². The summed E-state index contributed by atoms with van der Waals surface area (Å²) in [7, 11) is 0. The largest absolute Gasteiger partial charge is 0.494 e. The molecule has 0 bridgehead atoms. The van der Waals surface area contributed by atoms with Gasteiger partial charge in [0.25, 0.3) is 0 Å². The monoisotopic (exact) mass is 346 g/mol. The Kier molecular flexibility index (Phi) is 6.56. The van der Waals surface area contributed by atoms with Gasteiger partial charge in [-0.05, 0) is 56.6 Å². The van der Waals surface area contributed by atoms with Gasteiger partial charge in [0.2, 0.25) is 0 Å². The molecular weight excluding hydrogens is 316 g/mol. The third-order valence-corrected chi connectivity index (χ3v) is 5.26. The van der Waals surface area contributed by atoms with E-state index in [1.165, 1.54) is 12.8 Å². The van der Waals surface area contributed by atoms with Crippen molar-refractivity contribution in [1.82, 2.24) is 10.2 Å². The zero-order valence-electron chi connectivity index (χ0n) is 15.2. The van der Waals surface area contributed by atoms with Crippen LogP contribution in [0.25, 0.3) is 0 Å². The summed E-state index contributed by atoms with van der Waals surface area (Å²) >= 11 is 0. The first-order chi connectivity index (χ1) is 12.3. The fraction of sp³-hybridized carbons (Fsp3) is 0.650. The van der Waals surface area contributed by atoms with Crippen molar-refractivity contribution in [2.45, 2.75) is 45.1 Å². The lowest BCUT2D eigenvalue weighted by atomic mass is 9.90. The normalized spacial score (nSPS) is 21.3. The van der Waals surface area contributed by atoms with Crippen molar-refractivity contribution in [2.24, 2.45) is 5.92 Å². The van der Waals surface area contributed by atoms with Crippen LogP contribution in [0.5, 0.6) is 5.75 Å². The van der Waals surface area contributed by atoms with Crippen molar-refractivity contribution in [3.8, 4) is 5.75 Å². The molecule has 3 rings (SSSR count). The van der Waals surface area contributed by atoms with Gasteiger partial charge in [0.15, 0.2) is 0 Å². The first kappa shape index (κ1) is 18.1. The number of para-hydroxylation sites is 1. The molecular formula is C20H30N2O3. The highest BCUT2D eigenvalue weighted by atomic mass is 16.5. The lowest BCUT2D eigenvalue weighted by molar-refractivity contribution is 0.0373. The molecule has 1 aromatic carbocycles. The molecule has 138 valence electrons. The highest BCUT2D eigenvalue weighted by Crippen LogP contribution is 2.28. The molecule has 1 unspecified atom stereocenters. The SMILES string of the molecule is CCOc1ccccc1CCNC(=O)N1CCC(C2CCCO2)CC1. The summed E-state index contributed by atoms with van der Waals surface area (Å²) < 4.78 is 11.4. The van der Waals surface area contributed by atoms with Gasteiger partial charge in [-0.3, -0.25) is 0 Å². The number of nitrogens with one attached hydrogen (secondary N) is 1. The number of rotatable bonds is 6. The van der Waals surface area contributed by atoms with Crippen LogP contribution in [0.1, 0.15) is 38.2 Å². The molecule has 0 aliphatic carbocycles. The zero-order chi connectivity index (χ0) is 17.5. The molecule has 0 spiro atoms. The van der Waals surface area contributed by atoms with Crippen LogP contribution in [0.2, 0.25) is 0 Å². The Morgan fingerprint density at radius 1 is 1.28 bits per heavy atom. The van der Waals surface area contributed by atoms with Crippen LogP contribution in [-0.2, 0) is 11.2 Å². The molecule has 2 aliphatic heterocycles. The third-order valence-electron chi connectivity index (χ3n) is 5.26. The molecule has 0 radical (unpaired) electrons. The van der Waals surface area contributed by atoms with Crippen molar-refractivity contribution in [2.75, 3.05) is 32.8 Å². The summed E-state index contributed by atoms with van der Waals surface area (Å²) in [5.41, 5.74) is 1.14. The maximum atomic E-state index is 12.4. The van der Waals surface area contributed by atoms with E-state index in [0.29, 0.717) is 25.2 Å². The highest BCUT2D eigenvalue weighted by molar-refractivity contribution is 5.74. The molecule has 5 nitrogen and oxygen atoms in total. The maximum Gasteiger partial charge on any atom is 0.317 e. The molecule has 2 aliphatic rings. The predicted molar refractivity (Wildman–Crippen MR) is 98.0 cm³/mol. The van der Waals surface area contributed by atoms with E-state index in [9.17, 15) is 4.79 Å². The van der Waals surface area contributed by atoms with E-state index in [-0.39, 0.29) is 6.03 Å². The van der Waals surface area contributed by atoms with Crippen molar-refractivity contribution in [1.29, 1.82) is 0 Å². The Hall–Kier alpha value is -1.75. The van der Waals surface area contributed by atoms with Gasteiger partial charge in [-0.25, -0.2) is 4.79 Å². The summed E-state index contributed by atoms with van der Waals surface area (Å²) in [5, 5.41) is 3.05. The number of piperidine rings is 1. The highest BCUT2D eigenvalue weighted by Gasteiger charge is 2.30. The van der Waals surface area contributed by atoms with Crippen LogP contribution in [0.4, 0.5) is 4.79 Å². The van der Waals surface area contributed by atoms with E-state index in [1.54, 1.807) is 0 Å². The lowest BCUT2D eigenvalue weighted by Crippen LogP contribution is -2.46. The predicted octanol–water partition coefficient (Wildman–Crippen LogP) is 3.23. The van der Waals surface area contributed by atoms with Gasteiger partial charge in [-0.15, -0.1) is 0 Å². The summed E-state index contributed by atoms with van der Waals surface area (Å²) in [6, 6.07) is 8.08. The molecule has 2 fully saturated rings. The van der Waals surface area contributed by atoms with Gasteiger partial charge in [0.1, 0.15) is 5.75 Å². The van der Waals surface area contributed by atoms with Gasteiger partial charge in [0, 0.05) is 26.2 Å². The number of urea groups is 1. The molecule has 2 amide bonds. The number of nitrogens with zero attached hydrogens (tertiary/aromatic N) is 1. The van der Waals surface area contributed by atoms with E-state index in [1.807, 2.05) is 30.0 Å². The van der Waals surface area contributed by atoms with Crippen molar-refractivity contribution < 1.29 is 14.3 Å². The number of carbonyl (C=O) groups is 1. The Morgan fingerprint density at radius 2 is 2.08 bits per heavy atom. The fourth-order valence-corrected chi connectivity index (χ4v) is 3.87. The molecule has 0 saturated carbocycles. The topological polar surface area (TPSA) is 50.8 Å². The van der Waals surface area contributed by atoms with Crippen LogP contribution in [0.3, 0.4) is 0 Å². The first-order valence-corrected chi connectivity index (χ1v) is 9.63. The quantitative estimate of drug-likeness (QED) is 0.860. The average molecular weight is 346 g/mol. The van der Waals surface area contributed by atoms with Crippen LogP contribution >= 0.6 is 0 Å². The number of benzene rings is 1. The molecule has 1 atom stereocenters. The number of hydrogen-bond donors (Lipinski definition) is 1. The van der Waals surface area contributed by atoms with E-state index in [4.69, 9.17) is 9.47 Å². The Morgan fingerprint density at radius 3 is 2.80 bits per heavy atom. The number of amides is 2. The third kappa shape index (κ3) is 4.88. The minimum atomic E-state index is 0.0553. The number of likely N-dealkylation sites (tertiary alicyclic amines) is 1. The second kappa shape index (κ2) is 9.09. The zero-order valence-corrected chi connectivity index (χ0v) is 15.2. The van der Waals surface area contributed by atoms with E-state index >= 15 is 0 Å². The molecule has 1 aromatic rings. The Bertz CT molecular complexity index is 550. The molecule has 5 heteroatoms. The fourth-order valence-electron chi connectivity index (χ4n) is 3.87. The summed E-state index contributed by atoms with van der Waals surface area (Å²) in [4.78, 5) is 14.3. The average Bonchev–Trinajstić information content (AvgIpc) is 3.18. The van der Waals surface area contributed by atoms with E-state index in [2.05, 4.69) is 11.4 Å². The Balaban J connectivity index is 1.40. The molecule has 0 aromatic heterocycles. The van der Waals surface area contributed by atoms with Crippen LogP contribution in [0, 0.1) is 5.92 Å². The summed E-state index contributed by atoms with van der Waals surface area (Å²) in [6.07, 6.45) is 5.72. The summed E-state index contributed by atoms with van der Waals surface area (Å²) in [6.45, 7) is 5.86. The van der Waals surface area contributed by atoms with Crippen LogP contribution < -0.4 is 10.1 Å². The molecule has 2 heterocycles. The van der Waals surface area contributed by atoms with Gasteiger partial charge in [-0.2, -0.15) is 0 Å². The van der Waals surface area contributed by atoms with Crippen molar-refractivity contribution in [3.05, 3.63) is 29.8 Å².